The Hall–Kier alpha value is -1.24. The zero-order chi connectivity index (χ0) is 11.4. The van der Waals surface area contributed by atoms with Gasteiger partial charge in [0.2, 0.25) is 0 Å². The van der Waals surface area contributed by atoms with E-state index in [1.54, 1.807) is 12.1 Å². The number of halogens is 2. The molecular formula is C10H7Cl2NO2. The van der Waals surface area contributed by atoms with Gasteiger partial charge in [0.05, 0.1) is 18.4 Å². The maximum absolute atomic E-state index is 10.5. The molecule has 0 fully saturated rings. The maximum Gasteiger partial charge on any atom is 0.305 e. The summed E-state index contributed by atoms with van der Waals surface area (Å²) in [6, 6.07) is 6.54. The number of aliphatic carboxylic acids is 1. The summed E-state index contributed by atoms with van der Waals surface area (Å²) in [4.78, 5) is 10.5. The van der Waals surface area contributed by atoms with Crippen LogP contribution in [0.5, 0.6) is 0 Å². The molecule has 0 aliphatic heterocycles. The molecule has 0 radical (unpaired) electrons. The van der Waals surface area contributed by atoms with Gasteiger partial charge in [-0.25, -0.2) is 0 Å². The quantitative estimate of drug-likeness (QED) is 0.888. The number of nitriles is 1. The number of rotatable bonds is 3. The van der Waals surface area contributed by atoms with Crippen LogP contribution in [-0.4, -0.2) is 11.1 Å². The minimum absolute atomic E-state index is 0.266. The first kappa shape index (κ1) is 11.8. The normalized spacial score (nSPS) is 11.8. The van der Waals surface area contributed by atoms with Gasteiger partial charge in [-0.2, -0.15) is 5.26 Å². The Kier molecular flexibility index (Phi) is 3.96. The molecule has 1 rings (SSSR count). The zero-order valence-corrected chi connectivity index (χ0v) is 9.09. The van der Waals surface area contributed by atoms with Crippen molar-refractivity contribution in [1.82, 2.24) is 0 Å². The summed E-state index contributed by atoms with van der Waals surface area (Å²) in [5.41, 5.74) is 0.492. The van der Waals surface area contributed by atoms with E-state index in [9.17, 15) is 4.79 Å². The van der Waals surface area contributed by atoms with Crippen LogP contribution in [0.4, 0.5) is 0 Å². The van der Waals surface area contributed by atoms with E-state index >= 15 is 0 Å². The second-order valence-corrected chi connectivity index (χ2v) is 3.79. The lowest BCUT2D eigenvalue weighted by atomic mass is 9.97. The number of hydrogen-bond acceptors (Lipinski definition) is 2. The first-order chi connectivity index (χ1) is 7.04. The monoisotopic (exact) mass is 243 g/mol. The highest BCUT2D eigenvalue weighted by Gasteiger charge is 2.17. The van der Waals surface area contributed by atoms with Crippen LogP contribution in [0.25, 0.3) is 0 Å². The molecule has 0 aliphatic rings. The third-order valence-electron chi connectivity index (χ3n) is 1.87. The molecule has 0 saturated heterocycles. The molecular weight excluding hydrogens is 237 g/mol. The molecule has 1 aromatic carbocycles. The van der Waals surface area contributed by atoms with Gasteiger partial charge in [-0.1, -0.05) is 29.3 Å². The van der Waals surface area contributed by atoms with E-state index in [0.29, 0.717) is 15.6 Å². The van der Waals surface area contributed by atoms with Crippen LogP contribution in [0.2, 0.25) is 10.0 Å². The zero-order valence-electron chi connectivity index (χ0n) is 7.58. The fourth-order valence-electron chi connectivity index (χ4n) is 1.18. The van der Waals surface area contributed by atoms with Crippen molar-refractivity contribution in [2.45, 2.75) is 12.3 Å². The minimum Gasteiger partial charge on any atom is -0.481 e. The van der Waals surface area contributed by atoms with Crippen molar-refractivity contribution in [2.75, 3.05) is 0 Å². The molecule has 5 heteroatoms. The van der Waals surface area contributed by atoms with Crippen LogP contribution in [0.15, 0.2) is 18.2 Å². The molecule has 0 bridgehead atoms. The molecule has 0 unspecified atom stereocenters. The lowest BCUT2D eigenvalue weighted by Crippen LogP contribution is -2.04. The van der Waals surface area contributed by atoms with E-state index in [2.05, 4.69) is 0 Å². The van der Waals surface area contributed by atoms with Crippen LogP contribution in [0.1, 0.15) is 17.9 Å². The molecule has 1 N–H and O–H groups in total. The Bertz CT molecular complexity index is 426. The second-order valence-electron chi connectivity index (χ2n) is 2.95. The van der Waals surface area contributed by atoms with E-state index in [-0.39, 0.29) is 6.42 Å². The minimum atomic E-state index is -1.03. The molecule has 15 heavy (non-hydrogen) atoms. The summed E-state index contributed by atoms with van der Waals surface area (Å²) < 4.78 is 0. The third-order valence-corrected chi connectivity index (χ3v) is 2.43. The van der Waals surface area contributed by atoms with Gasteiger partial charge in [0.1, 0.15) is 0 Å². The molecule has 1 aromatic rings. The van der Waals surface area contributed by atoms with Crippen LogP contribution in [0.3, 0.4) is 0 Å². The highest BCUT2D eigenvalue weighted by atomic mass is 35.5. The Morgan fingerprint density at radius 3 is 2.67 bits per heavy atom. The molecule has 0 amide bonds. The SMILES string of the molecule is N#C[C@H](CC(=O)O)c1ccc(Cl)cc1Cl. The van der Waals surface area contributed by atoms with Crippen molar-refractivity contribution in [3.05, 3.63) is 33.8 Å². The van der Waals surface area contributed by atoms with E-state index < -0.39 is 11.9 Å². The average Bonchev–Trinajstić information content (AvgIpc) is 2.14. The van der Waals surface area contributed by atoms with Crippen molar-refractivity contribution in [2.24, 2.45) is 0 Å². The number of nitrogens with zero attached hydrogens (tertiary/aromatic N) is 1. The van der Waals surface area contributed by atoms with Crippen LogP contribution in [0, 0.1) is 11.3 Å². The van der Waals surface area contributed by atoms with Gasteiger partial charge >= 0.3 is 5.97 Å². The van der Waals surface area contributed by atoms with Gasteiger partial charge in [-0.05, 0) is 17.7 Å². The Morgan fingerprint density at radius 2 is 2.20 bits per heavy atom. The van der Waals surface area contributed by atoms with E-state index in [1.807, 2.05) is 6.07 Å². The fourth-order valence-corrected chi connectivity index (χ4v) is 1.72. The molecule has 0 saturated carbocycles. The summed E-state index contributed by atoms with van der Waals surface area (Å²) in [5, 5.41) is 18.2. The van der Waals surface area contributed by atoms with Gasteiger partial charge in [0.25, 0.3) is 0 Å². The number of carboxylic acids is 1. The van der Waals surface area contributed by atoms with Gasteiger partial charge < -0.3 is 5.11 Å². The molecule has 0 aliphatic carbocycles. The fraction of sp³-hybridized carbons (Fsp3) is 0.200. The van der Waals surface area contributed by atoms with Crippen LogP contribution >= 0.6 is 23.2 Å². The Labute approximate surface area is 96.8 Å². The van der Waals surface area contributed by atoms with Crippen molar-refractivity contribution in [1.29, 1.82) is 5.26 Å². The van der Waals surface area contributed by atoms with Gasteiger partial charge in [-0.15, -0.1) is 0 Å². The van der Waals surface area contributed by atoms with Gasteiger partial charge in [-0.3, -0.25) is 4.79 Å². The second kappa shape index (κ2) is 5.01. The predicted molar refractivity (Wildman–Crippen MR) is 57.1 cm³/mol. The summed E-state index contributed by atoms with van der Waals surface area (Å²) in [6.45, 7) is 0. The molecule has 1 atom stereocenters. The van der Waals surface area contributed by atoms with Crippen molar-refractivity contribution < 1.29 is 9.90 Å². The molecule has 0 aromatic heterocycles. The van der Waals surface area contributed by atoms with Crippen LogP contribution in [-0.2, 0) is 4.79 Å². The first-order valence-electron chi connectivity index (χ1n) is 4.11. The Balaban J connectivity index is 3.03. The molecule has 0 heterocycles. The topological polar surface area (TPSA) is 61.1 Å². The number of carbonyl (C=O) groups is 1. The molecule has 78 valence electrons. The van der Waals surface area contributed by atoms with Crippen LogP contribution < -0.4 is 0 Å². The molecule has 3 nitrogen and oxygen atoms in total. The predicted octanol–water partition coefficient (Wildman–Crippen LogP) is 3.08. The van der Waals surface area contributed by atoms with E-state index in [0.717, 1.165) is 0 Å². The lowest BCUT2D eigenvalue weighted by molar-refractivity contribution is -0.137. The van der Waals surface area contributed by atoms with Gasteiger partial charge in [0, 0.05) is 10.0 Å². The summed E-state index contributed by atoms with van der Waals surface area (Å²) >= 11 is 11.5. The van der Waals surface area contributed by atoms with Crippen molar-refractivity contribution >= 4 is 29.2 Å². The number of carboxylic acid groups (broad SMARTS) is 1. The highest BCUT2D eigenvalue weighted by Crippen LogP contribution is 2.29. The first-order valence-corrected chi connectivity index (χ1v) is 4.86. The lowest BCUT2D eigenvalue weighted by Gasteiger charge is -2.08. The smallest absolute Gasteiger partial charge is 0.305 e. The largest absolute Gasteiger partial charge is 0.481 e. The Morgan fingerprint density at radius 1 is 1.53 bits per heavy atom. The highest BCUT2D eigenvalue weighted by molar-refractivity contribution is 6.35. The standard InChI is InChI=1S/C10H7Cl2NO2/c11-7-1-2-8(9(12)4-7)6(5-13)3-10(14)15/h1-2,4,6H,3H2,(H,14,15)/t6-/m0/s1. The number of benzene rings is 1. The van der Waals surface area contributed by atoms with E-state index in [4.69, 9.17) is 33.6 Å². The molecule has 0 spiro atoms. The summed E-state index contributed by atoms with van der Waals surface area (Å²) in [6.07, 6.45) is -0.266. The maximum atomic E-state index is 10.5. The van der Waals surface area contributed by atoms with Crippen molar-refractivity contribution in [3.8, 4) is 6.07 Å². The third kappa shape index (κ3) is 3.12. The summed E-state index contributed by atoms with van der Waals surface area (Å²) in [5.74, 6) is -1.78. The van der Waals surface area contributed by atoms with E-state index in [1.165, 1.54) is 6.07 Å². The number of hydrogen-bond donors (Lipinski definition) is 1. The summed E-state index contributed by atoms with van der Waals surface area (Å²) in [7, 11) is 0. The van der Waals surface area contributed by atoms with Crippen molar-refractivity contribution in [3.63, 3.8) is 0 Å². The van der Waals surface area contributed by atoms with Gasteiger partial charge in [0.15, 0.2) is 0 Å². The average molecular weight is 244 g/mol.